The summed E-state index contributed by atoms with van der Waals surface area (Å²) in [5.74, 6) is -0.451. The van der Waals surface area contributed by atoms with Gasteiger partial charge < -0.3 is 25.0 Å². The highest BCUT2D eigenvalue weighted by Gasteiger charge is 2.38. The van der Waals surface area contributed by atoms with Crippen molar-refractivity contribution in [3.05, 3.63) is 24.0 Å². The maximum absolute atomic E-state index is 15.0. The van der Waals surface area contributed by atoms with Crippen LogP contribution in [0.1, 0.15) is 20.8 Å². The second kappa shape index (κ2) is 9.80. The highest BCUT2D eigenvalue weighted by atomic mass is 32.2. The van der Waals surface area contributed by atoms with E-state index in [0.717, 1.165) is 0 Å². The molecule has 32 heavy (non-hydrogen) atoms. The second-order valence-corrected chi connectivity index (χ2v) is 10.2. The molecular formula is C21H29FN4O4S2. The molecule has 2 atom stereocenters. The van der Waals surface area contributed by atoms with Gasteiger partial charge in [0.2, 0.25) is 0 Å². The van der Waals surface area contributed by atoms with E-state index in [1.165, 1.54) is 22.7 Å². The summed E-state index contributed by atoms with van der Waals surface area (Å²) in [6.45, 7) is 7.49. The first-order valence-corrected chi connectivity index (χ1v) is 12.0. The van der Waals surface area contributed by atoms with Crippen molar-refractivity contribution >= 4 is 51.7 Å². The maximum Gasteiger partial charge on any atom is 0.414 e. The monoisotopic (exact) mass is 484 g/mol. The third-order valence-corrected chi connectivity index (χ3v) is 6.67. The maximum atomic E-state index is 15.0. The molecule has 2 saturated heterocycles. The molecule has 1 aromatic carbocycles. The van der Waals surface area contributed by atoms with Crippen LogP contribution in [0.3, 0.4) is 0 Å². The predicted octanol–water partition coefficient (Wildman–Crippen LogP) is 3.23. The Morgan fingerprint density at radius 1 is 1.31 bits per heavy atom. The van der Waals surface area contributed by atoms with Gasteiger partial charge in [-0.25, -0.2) is 14.0 Å². The van der Waals surface area contributed by atoms with Crippen LogP contribution >= 0.6 is 24.0 Å². The Hall–Kier alpha value is -2.11. The number of hydrogen-bond donors (Lipinski definition) is 1. The third kappa shape index (κ3) is 5.62. The van der Waals surface area contributed by atoms with Crippen molar-refractivity contribution in [1.82, 2.24) is 4.90 Å². The fraction of sp³-hybridized carbons (Fsp3) is 0.571. The first-order valence-electron chi connectivity index (χ1n) is 10.3. The van der Waals surface area contributed by atoms with Gasteiger partial charge in [0.1, 0.15) is 17.5 Å². The molecule has 0 bridgehead atoms. The average molecular weight is 485 g/mol. The zero-order valence-electron chi connectivity index (χ0n) is 18.7. The third-order valence-electron chi connectivity index (χ3n) is 5.22. The summed E-state index contributed by atoms with van der Waals surface area (Å²) in [6, 6.07) is 4.07. The van der Waals surface area contributed by atoms with Gasteiger partial charge in [0.05, 0.1) is 28.2 Å². The van der Waals surface area contributed by atoms with Crippen LogP contribution in [0.4, 0.5) is 25.4 Å². The van der Waals surface area contributed by atoms with Gasteiger partial charge in [0, 0.05) is 26.2 Å². The molecule has 2 aliphatic heterocycles. The zero-order valence-corrected chi connectivity index (χ0v) is 20.3. The van der Waals surface area contributed by atoms with Crippen LogP contribution in [0.2, 0.25) is 0 Å². The summed E-state index contributed by atoms with van der Waals surface area (Å²) >= 11 is 6.54. The quantitative estimate of drug-likeness (QED) is 0.652. The van der Waals surface area contributed by atoms with Gasteiger partial charge in [0.15, 0.2) is 0 Å². The summed E-state index contributed by atoms with van der Waals surface area (Å²) in [4.78, 5) is 29.4. The lowest BCUT2D eigenvalue weighted by molar-refractivity contribution is 0.0240. The molecule has 2 N–H and O–H groups in total. The first-order chi connectivity index (χ1) is 15.0. The molecule has 0 aromatic heterocycles. The molecule has 1 aromatic rings. The molecule has 0 spiro atoms. The Morgan fingerprint density at radius 2 is 1.97 bits per heavy atom. The molecule has 8 nitrogen and oxygen atoms in total. The number of carbonyl (C=O) groups excluding carboxylic acids is 2. The fourth-order valence-corrected chi connectivity index (χ4v) is 4.12. The molecule has 0 saturated carbocycles. The van der Waals surface area contributed by atoms with Gasteiger partial charge >= 0.3 is 12.2 Å². The summed E-state index contributed by atoms with van der Waals surface area (Å²) < 4.78 is 26.3. The van der Waals surface area contributed by atoms with Crippen molar-refractivity contribution < 1.29 is 23.5 Å². The lowest BCUT2D eigenvalue weighted by Crippen LogP contribution is -2.50. The number of benzene rings is 1. The van der Waals surface area contributed by atoms with Gasteiger partial charge in [0.25, 0.3) is 0 Å². The van der Waals surface area contributed by atoms with Crippen molar-refractivity contribution in [2.45, 2.75) is 38.5 Å². The Kier molecular flexibility index (Phi) is 7.51. The highest BCUT2D eigenvalue weighted by molar-refractivity contribution is 8.22. The van der Waals surface area contributed by atoms with Crippen molar-refractivity contribution in [3.63, 3.8) is 0 Å². The number of ether oxygens (including phenoxy) is 2. The highest BCUT2D eigenvalue weighted by Crippen LogP contribution is 2.29. The van der Waals surface area contributed by atoms with E-state index in [2.05, 4.69) is 0 Å². The van der Waals surface area contributed by atoms with Gasteiger partial charge in [-0.2, -0.15) is 0 Å². The molecule has 0 aliphatic carbocycles. The molecule has 2 fully saturated rings. The number of nitrogens with two attached hydrogens (primary N) is 1. The van der Waals surface area contributed by atoms with Crippen LogP contribution in [0.5, 0.6) is 0 Å². The minimum absolute atomic E-state index is 0.202. The van der Waals surface area contributed by atoms with E-state index < -0.39 is 29.7 Å². The van der Waals surface area contributed by atoms with Crippen LogP contribution in [0.15, 0.2) is 18.2 Å². The molecule has 11 heteroatoms. The fourth-order valence-electron chi connectivity index (χ4n) is 3.55. The smallest absolute Gasteiger partial charge is 0.414 e. The number of anilines is 2. The topological polar surface area (TPSA) is 88.3 Å². The summed E-state index contributed by atoms with van der Waals surface area (Å²) in [6.07, 6.45) is 0.297. The van der Waals surface area contributed by atoms with E-state index in [1.807, 2.05) is 31.9 Å². The van der Waals surface area contributed by atoms with Crippen molar-refractivity contribution in [1.29, 1.82) is 0 Å². The molecule has 1 unspecified atom stereocenters. The molecule has 3 rings (SSSR count). The normalized spacial score (nSPS) is 20.2. The minimum atomic E-state index is -0.578. The molecular weight excluding hydrogens is 455 g/mol. The lowest BCUT2D eigenvalue weighted by atomic mass is 10.1. The SMILES string of the molecule is CSC(=S)C(N)[C@@H]1CN(c2ccc(N3CCN(C(=O)OC(C)(C)C)CC3)c(F)c2)C(=O)O1. The number of cyclic esters (lactones) is 1. The Morgan fingerprint density at radius 3 is 2.53 bits per heavy atom. The minimum Gasteiger partial charge on any atom is -0.444 e. The van der Waals surface area contributed by atoms with Crippen LogP contribution in [0.25, 0.3) is 0 Å². The van der Waals surface area contributed by atoms with Gasteiger partial charge in [-0.1, -0.05) is 12.2 Å². The summed E-state index contributed by atoms with van der Waals surface area (Å²) in [7, 11) is 0. The Labute approximate surface area is 197 Å². The van der Waals surface area contributed by atoms with Crippen LogP contribution in [0, 0.1) is 5.82 Å². The number of nitrogens with zero attached hydrogens (tertiary/aromatic N) is 3. The first kappa shape index (κ1) is 24.5. The number of rotatable bonds is 4. The molecule has 2 amide bonds. The number of thiocarbonyl (C=S) groups is 1. The van der Waals surface area contributed by atoms with Gasteiger partial charge in [-0.05, 0) is 45.2 Å². The van der Waals surface area contributed by atoms with E-state index in [1.54, 1.807) is 17.0 Å². The average Bonchev–Trinajstić information content (AvgIpc) is 3.13. The predicted molar refractivity (Wildman–Crippen MR) is 128 cm³/mol. The zero-order chi connectivity index (χ0) is 23.6. The van der Waals surface area contributed by atoms with Crippen molar-refractivity contribution in [2.24, 2.45) is 5.73 Å². The van der Waals surface area contributed by atoms with Crippen LogP contribution in [-0.2, 0) is 9.47 Å². The van der Waals surface area contributed by atoms with E-state index in [-0.39, 0.29) is 12.6 Å². The van der Waals surface area contributed by atoms with Crippen LogP contribution in [-0.4, -0.2) is 78.0 Å². The van der Waals surface area contributed by atoms with Crippen molar-refractivity contribution in [3.8, 4) is 0 Å². The number of carbonyl (C=O) groups is 2. The largest absolute Gasteiger partial charge is 0.444 e. The Balaban J connectivity index is 1.63. The van der Waals surface area contributed by atoms with Gasteiger partial charge in [-0.15, -0.1) is 11.8 Å². The second-order valence-electron chi connectivity index (χ2n) is 8.67. The van der Waals surface area contributed by atoms with E-state index in [4.69, 9.17) is 27.4 Å². The number of thioether (sulfide) groups is 1. The molecule has 2 heterocycles. The Bertz CT molecular complexity index is 887. The molecule has 176 valence electrons. The number of halogens is 1. The van der Waals surface area contributed by atoms with E-state index in [0.29, 0.717) is 41.8 Å². The van der Waals surface area contributed by atoms with Crippen molar-refractivity contribution in [2.75, 3.05) is 48.8 Å². The lowest BCUT2D eigenvalue weighted by Gasteiger charge is -2.37. The standard InChI is InChI=1S/C21H29FN4O4S2/c1-21(2,3)30-19(27)25-9-7-24(8-10-25)15-6-5-13(11-14(15)22)26-12-16(29-20(26)28)17(23)18(31)32-4/h5-6,11,16-17H,7-10,12,23H2,1-4H3/t16-,17?/m0/s1. The summed E-state index contributed by atoms with van der Waals surface area (Å²) in [5, 5.41) is 0. The van der Waals surface area contributed by atoms with Gasteiger partial charge in [-0.3, -0.25) is 4.90 Å². The number of amides is 2. The molecule has 0 radical (unpaired) electrons. The number of hydrogen-bond acceptors (Lipinski definition) is 8. The van der Waals surface area contributed by atoms with E-state index in [9.17, 15) is 14.0 Å². The summed E-state index contributed by atoms with van der Waals surface area (Å²) in [5.41, 5.74) is 6.33. The number of piperazine rings is 1. The molecule has 2 aliphatic rings. The van der Waals surface area contributed by atoms with Crippen LogP contribution < -0.4 is 15.5 Å². The van der Waals surface area contributed by atoms with E-state index >= 15 is 0 Å².